The van der Waals surface area contributed by atoms with Gasteiger partial charge in [-0.05, 0) is 17.7 Å². The number of ketones is 1. The fraction of sp³-hybridized carbons (Fsp3) is 0.417. The molecule has 0 bridgehead atoms. The molecule has 0 spiro atoms. The van der Waals surface area contributed by atoms with Gasteiger partial charge in [0.25, 0.3) is 0 Å². The van der Waals surface area contributed by atoms with Gasteiger partial charge in [-0.3, -0.25) is 4.79 Å². The Labute approximate surface area is 89.9 Å². The Morgan fingerprint density at radius 3 is 2.33 bits per heavy atom. The smallest absolute Gasteiger partial charge is 0.144 e. The average Bonchev–Trinajstić information content (AvgIpc) is 2.21. The lowest BCUT2D eigenvalue weighted by Gasteiger charge is -2.20. The maximum atomic E-state index is 11.8. The first-order valence-electron chi connectivity index (χ1n) is 4.97. The van der Waals surface area contributed by atoms with E-state index in [0.29, 0.717) is 13.0 Å². The van der Waals surface area contributed by atoms with Crippen molar-refractivity contribution in [2.24, 2.45) is 11.1 Å². The lowest BCUT2D eigenvalue weighted by atomic mass is 9.85. The number of rotatable bonds is 4. The van der Waals surface area contributed by atoms with Crippen LogP contribution in [0.15, 0.2) is 24.3 Å². The Morgan fingerprint density at radius 1 is 1.33 bits per heavy atom. The summed E-state index contributed by atoms with van der Waals surface area (Å²) in [7, 11) is 0. The predicted molar refractivity (Wildman–Crippen MR) is 59.7 cm³/mol. The minimum Gasteiger partial charge on any atom is -0.508 e. The van der Waals surface area contributed by atoms with Gasteiger partial charge in [0, 0.05) is 18.4 Å². The van der Waals surface area contributed by atoms with E-state index in [-0.39, 0.29) is 11.5 Å². The fourth-order valence-electron chi connectivity index (χ4n) is 1.15. The van der Waals surface area contributed by atoms with Gasteiger partial charge >= 0.3 is 0 Å². The van der Waals surface area contributed by atoms with E-state index in [1.165, 1.54) is 0 Å². The summed E-state index contributed by atoms with van der Waals surface area (Å²) >= 11 is 0. The number of phenolic OH excluding ortho intramolecular Hbond substituents is 1. The van der Waals surface area contributed by atoms with Crippen molar-refractivity contribution < 1.29 is 9.90 Å². The van der Waals surface area contributed by atoms with Gasteiger partial charge < -0.3 is 10.8 Å². The summed E-state index contributed by atoms with van der Waals surface area (Å²) in [6.45, 7) is 4.04. The highest BCUT2D eigenvalue weighted by Gasteiger charge is 2.25. The maximum Gasteiger partial charge on any atom is 0.144 e. The third kappa shape index (κ3) is 3.06. The van der Waals surface area contributed by atoms with Gasteiger partial charge in [0.2, 0.25) is 0 Å². The van der Waals surface area contributed by atoms with Crippen LogP contribution < -0.4 is 5.73 Å². The van der Waals surface area contributed by atoms with Crippen LogP contribution in [0.4, 0.5) is 0 Å². The number of phenols is 1. The molecule has 0 aromatic heterocycles. The topological polar surface area (TPSA) is 63.3 Å². The van der Waals surface area contributed by atoms with E-state index in [1.807, 2.05) is 13.8 Å². The van der Waals surface area contributed by atoms with Crippen molar-refractivity contribution in [1.82, 2.24) is 0 Å². The zero-order valence-electron chi connectivity index (χ0n) is 9.16. The second-order valence-electron chi connectivity index (χ2n) is 4.35. The van der Waals surface area contributed by atoms with Crippen LogP contribution in [0.2, 0.25) is 0 Å². The molecule has 0 amide bonds. The van der Waals surface area contributed by atoms with Crippen LogP contribution in [-0.2, 0) is 11.2 Å². The van der Waals surface area contributed by atoms with Gasteiger partial charge in [-0.1, -0.05) is 26.0 Å². The molecule has 0 heterocycles. The molecule has 0 atom stereocenters. The lowest BCUT2D eigenvalue weighted by Crippen LogP contribution is -2.33. The Hall–Kier alpha value is -1.35. The van der Waals surface area contributed by atoms with Crippen molar-refractivity contribution in [2.75, 3.05) is 6.54 Å². The van der Waals surface area contributed by atoms with Gasteiger partial charge in [0.1, 0.15) is 11.5 Å². The minimum absolute atomic E-state index is 0.121. The number of carbonyl (C=O) groups excluding carboxylic acids is 1. The molecule has 0 aliphatic rings. The van der Waals surface area contributed by atoms with E-state index >= 15 is 0 Å². The van der Waals surface area contributed by atoms with Crippen molar-refractivity contribution in [3.05, 3.63) is 29.8 Å². The molecule has 1 rings (SSSR count). The van der Waals surface area contributed by atoms with Crippen LogP contribution in [0.25, 0.3) is 0 Å². The minimum atomic E-state index is -0.474. The molecule has 82 valence electrons. The third-order valence-electron chi connectivity index (χ3n) is 2.57. The van der Waals surface area contributed by atoms with Gasteiger partial charge in [-0.15, -0.1) is 0 Å². The molecule has 0 aliphatic heterocycles. The van der Waals surface area contributed by atoms with Crippen molar-refractivity contribution >= 4 is 5.78 Å². The van der Waals surface area contributed by atoms with E-state index < -0.39 is 5.41 Å². The van der Waals surface area contributed by atoms with E-state index in [2.05, 4.69) is 0 Å². The quantitative estimate of drug-likeness (QED) is 0.786. The van der Waals surface area contributed by atoms with Crippen LogP contribution in [0, 0.1) is 5.41 Å². The molecule has 0 saturated heterocycles. The monoisotopic (exact) mass is 207 g/mol. The van der Waals surface area contributed by atoms with Crippen molar-refractivity contribution in [1.29, 1.82) is 0 Å². The molecule has 0 unspecified atom stereocenters. The third-order valence-corrected chi connectivity index (χ3v) is 2.57. The summed E-state index contributed by atoms with van der Waals surface area (Å²) < 4.78 is 0. The molecule has 3 heteroatoms. The van der Waals surface area contributed by atoms with Crippen LogP contribution in [0.5, 0.6) is 5.75 Å². The van der Waals surface area contributed by atoms with E-state index in [1.54, 1.807) is 24.3 Å². The van der Waals surface area contributed by atoms with Crippen LogP contribution in [0.1, 0.15) is 19.4 Å². The lowest BCUT2D eigenvalue weighted by molar-refractivity contribution is -0.125. The highest BCUT2D eigenvalue weighted by molar-refractivity contribution is 5.86. The summed E-state index contributed by atoms with van der Waals surface area (Å²) in [6, 6.07) is 6.66. The Bertz CT molecular complexity index is 341. The Balaban J connectivity index is 2.71. The molecule has 15 heavy (non-hydrogen) atoms. The summed E-state index contributed by atoms with van der Waals surface area (Å²) in [6.07, 6.45) is 0.366. The second kappa shape index (κ2) is 4.45. The predicted octanol–water partition coefficient (Wildman–Crippen LogP) is 1.49. The van der Waals surface area contributed by atoms with Gasteiger partial charge in [0.05, 0.1) is 0 Å². The maximum absolute atomic E-state index is 11.8. The zero-order chi connectivity index (χ0) is 11.5. The van der Waals surface area contributed by atoms with Crippen molar-refractivity contribution in [2.45, 2.75) is 20.3 Å². The van der Waals surface area contributed by atoms with Crippen molar-refractivity contribution in [3.63, 3.8) is 0 Å². The molecule has 0 radical (unpaired) electrons. The summed E-state index contributed by atoms with van der Waals surface area (Å²) in [5, 5.41) is 9.09. The molecule has 1 aromatic rings. The molecule has 1 aromatic carbocycles. The SMILES string of the molecule is CC(C)(CN)C(=O)Cc1ccc(O)cc1. The highest BCUT2D eigenvalue weighted by atomic mass is 16.3. The summed E-state index contributed by atoms with van der Waals surface area (Å²) in [5.41, 5.74) is 5.95. The molecule has 0 aliphatic carbocycles. The number of carbonyl (C=O) groups is 1. The van der Waals surface area contributed by atoms with Crippen LogP contribution in [-0.4, -0.2) is 17.4 Å². The molecule has 0 saturated carbocycles. The van der Waals surface area contributed by atoms with Crippen LogP contribution >= 0.6 is 0 Å². The highest BCUT2D eigenvalue weighted by Crippen LogP contribution is 2.18. The van der Waals surface area contributed by atoms with Crippen molar-refractivity contribution in [3.8, 4) is 5.75 Å². The first kappa shape index (κ1) is 11.7. The molecular formula is C12H17NO2. The van der Waals surface area contributed by atoms with Gasteiger partial charge in [0.15, 0.2) is 0 Å². The Kier molecular flexibility index (Phi) is 3.48. The standard InChI is InChI=1S/C12H17NO2/c1-12(2,8-13)11(15)7-9-3-5-10(14)6-4-9/h3-6,14H,7-8,13H2,1-2H3. The van der Waals surface area contributed by atoms with E-state index in [0.717, 1.165) is 5.56 Å². The van der Waals surface area contributed by atoms with Crippen LogP contribution in [0.3, 0.4) is 0 Å². The van der Waals surface area contributed by atoms with E-state index in [9.17, 15) is 4.79 Å². The first-order valence-corrected chi connectivity index (χ1v) is 4.97. The summed E-state index contributed by atoms with van der Waals surface area (Å²) in [4.78, 5) is 11.8. The molecule has 0 fully saturated rings. The molecule has 3 nitrogen and oxygen atoms in total. The number of Topliss-reactive ketones (excluding diaryl/α,β-unsaturated/α-hetero) is 1. The largest absolute Gasteiger partial charge is 0.508 e. The number of hydrogen-bond donors (Lipinski definition) is 2. The number of nitrogens with two attached hydrogens (primary N) is 1. The molecular weight excluding hydrogens is 190 g/mol. The second-order valence-corrected chi connectivity index (χ2v) is 4.35. The normalized spacial score (nSPS) is 11.4. The van der Waals surface area contributed by atoms with Gasteiger partial charge in [-0.25, -0.2) is 0 Å². The Morgan fingerprint density at radius 2 is 1.87 bits per heavy atom. The first-order chi connectivity index (χ1) is 6.95. The van der Waals surface area contributed by atoms with E-state index in [4.69, 9.17) is 10.8 Å². The molecule has 3 N–H and O–H groups in total. The fourth-order valence-corrected chi connectivity index (χ4v) is 1.15. The number of aromatic hydroxyl groups is 1. The van der Waals surface area contributed by atoms with Gasteiger partial charge in [-0.2, -0.15) is 0 Å². The number of benzene rings is 1. The zero-order valence-corrected chi connectivity index (χ0v) is 9.16. The summed E-state index contributed by atoms with van der Waals surface area (Å²) in [5.74, 6) is 0.333. The average molecular weight is 207 g/mol. The number of hydrogen-bond acceptors (Lipinski definition) is 3.